The van der Waals surface area contributed by atoms with E-state index in [-0.39, 0.29) is 0 Å². The molecule has 2 rings (SSSR count). The van der Waals surface area contributed by atoms with Gasteiger partial charge in [0.2, 0.25) is 0 Å². The van der Waals surface area contributed by atoms with Crippen LogP contribution in [0.4, 0.5) is 11.4 Å². The van der Waals surface area contributed by atoms with Crippen LogP contribution in [0.2, 0.25) is 0 Å². The fourth-order valence-corrected chi connectivity index (χ4v) is 1.69. The number of aryl methyl sites for hydroxylation is 1. The summed E-state index contributed by atoms with van der Waals surface area (Å²) in [5, 5.41) is 3.32. The second-order valence-corrected chi connectivity index (χ2v) is 3.91. The van der Waals surface area contributed by atoms with E-state index in [1.807, 2.05) is 43.3 Å². The van der Waals surface area contributed by atoms with Crippen molar-refractivity contribution < 1.29 is 0 Å². The minimum atomic E-state index is 0.533. The Balaban J connectivity index is 2.20. The lowest BCUT2D eigenvalue weighted by molar-refractivity contribution is 1.20. The van der Waals surface area contributed by atoms with Crippen LogP contribution in [0.25, 0.3) is 0 Å². The summed E-state index contributed by atoms with van der Waals surface area (Å²) in [6, 6.07) is 12.0. The van der Waals surface area contributed by atoms with Gasteiger partial charge in [0.15, 0.2) is 0 Å². The van der Waals surface area contributed by atoms with Crippen molar-refractivity contribution in [2.75, 3.05) is 5.32 Å². The minimum Gasteiger partial charge on any atom is -0.355 e. The highest BCUT2D eigenvalue weighted by Gasteiger charge is 1.96. The molecular weight excluding hydrogens is 220 g/mol. The Hall–Kier alpha value is -1.54. The van der Waals surface area contributed by atoms with Gasteiger partial charge in [-0.1, -0.05) is 12.1 Å². The lowest BCUT2D eigenvalue weighted by atomic mass is 10.2. The molecule has 1 aromatic carbocycles. The fourth-order valence-electron chi connectivity index (χ4n) is 1.52. The lowest BCUT2D eigenvalue weighted by Crippen LogP contribution is -1.92. The maximum Gasteiger partial charge on any atom is 0.0474 e. The second-order valence-electron chi connectivity index (χ2n) is 3.64. The Bertz CT molecular complexity index is 483. The van der Waals surface area contributed by atoms with Crippen LogP contribution >= 0.6 is 11.6 Å². The van der Waals surface area contributed by atoms with Crippen molar-refractivity contribution in [2.45, 2.75) is 12.8 Å². The molecule has 0 saturated carbocycles. The number of benzene rings is 1. The predicted octanol–water partition coefficient (Wildman–Crippen LogP) is 3.87. The SMILES string of the molecule is Cc1cc(Nc2cccc(CCl)c2)ccn1. The molecule has 1 N–H and O–H groups in total. The van der Waals surface area contributed by atoms with Gasteiger partial charge in [0.25, 0.3) is 0 Å². The Labute approximate surface area is 100 Å². The molecule has 2 nitrogen and oxygen atoms in total. The van der Waals surface area contributed by atoms with Crippen molar-refractivity contribution in [3.63, 3.8) is 0 Å². The highest BCUT2D eigenvalue weighted by atomic mass is 35.5. The van der Waals surface area contributed by atoms with E-state index in [2.05, 4.69) is 10.3 Å². The number of hydrogen-bond acceptors (Lipinski definition) is 2. The molecule has 16 heavy (non-hydrogen) atoms. The Kier molecular flexibility index (Phi) is 3.42. The van der Waals surface area contributed by atoms with E-state index in [1.54, 1.807) is 6.20 Å². The predicted molar refractivity (Wildman–Crippen MR) is 68.3 cm³/mol. The van der Waals surface area contributed by atoms with Crippen molar-refractivity contribution >= 4 is 23.0 Å². The summed E-state index contributed by atoms with van der Waals surface area (Å²) in [6.45, 7) is 1.97. The quantitative estimate of drug-likeness (QED) is 0.813. The minimum absolute atomic E-state index is 0.533. The van der Waals surface area contributed by atoms with Crippen LogP contribution in [-0.2, 0) is 5.88 Å². The van der Waals surface area contributed by atoms with Crippen molar-refractivity contribution in [1.82, 2.24) is 4.98 Å². The first-order valence-corrected chi connectivity index (χ1v) is 5.66. The number of anilines is 2. The van der Waals surface area contributed by atoms with Crippen LogP contribution in [0.3, 0.4) is 0 Å². The van der Waals surface area contributed by atoms with Gasteiger partial charge in [0.05, 0.1) is 0 Å². The van der Waals surface area contributed by atoms with Crippen LogP contribution in [0.5, 0.6) is 0 Å². The highest BCUT2D eigenvalue weighted by molar-refractivity contribution is 6.17. The zero-order chi connectivity index (χ0) is 11.4. The van der Waals surface area contributed by atoms with E-state index < -0.39 is 0 Å². The van der Waals surface area contributed by atoms with Crippen molar-refractivity contribution in [3.05, 3.63) is 53.9 Å². The fraction of sp³-hybridized carbons (Fsp3) is 0.154. The van der Waals surface area contributed by atoms with Gasteiger partial charge < -0.3 is 5.32 Å². The Morgan fingerprint density at radius 2 is 2.00 bits per heavy atom. The van der Waals surface area contributed by atoms with Gasteiger partial charge in [0.1, 0.15) is 0 Å². The summed E-state index contributed by atoms with van der Waals surface area (Å²) in [5.41, 5.74) is 4.19. The van der Waals surface area contributed by atoms with Gasteiger partial charge in [-0.25, -0.2) is 0 Å². The number of nitrogens with zero attached hydrogens (tertiary/aromatic N) is 1. The first-order chi connectivity index (χ1) is 7.78. The van der Waals surface area contributed by atoms with E-state index in [4.69, 9.17) is 11.6 Å². The summed E-state index contributed by atoms with van der Waals surface area (Å²) in [6.07, 6.45) is 1.79. The molecule has 0 unspecified atom stereocenters. The molecule has 82 valence electrons. The van der Waals surface area contributed by atoms with Crippen molar-refractivity contribution in [3.8, 4) is 0 Å². The zero-order valence-corrected chi connectivity index (χ0v) is 9.83. The molecular formula is C13H13ClN2. The molecule has 0 atom stereocenters. The van der Waals surface area contributed by atoms with E-state index in [0.717, 1.165) is 22.6 Å². The molecule has 0 amide bonds. The summed E-state index contributed by atoms with van der Waals surface area (Å²) < 4.78 is 0. The van der Waals surface area contributed by atoms with Crippen molar-refractivity contribution in [2.24, 2.45) is 0 Å². The number of aromatic nitrogens is 1. The largest absolute Gasteiger partial charge is 0.355 e. The van der Waals surface area contributed by atoms with Crippen LogP contribution in [0.1, 0.15) is 11.3 Å². The third-order valence-corrected chi connectivity index (χ3v) is 2.58. The van der Waals surface area contributed by atoms with Crippen molar-refractivity contribution in [1.29, 1.82) is 0 Å². The molecule has 0 fully saturated rings. The molecule has 0 spiro atoms. The maximum atomic E-state index is 5.79. The van der Waals surface area contributed by atoms with Crippen LogP contribution in [0.15, 0.2) is 42.6 Å². The molecule has 1 aromatic heterocycles. The number of nitrogens with one attached hydrogen (secondary N) is 1. The number of alkyl halides is 1. The van der Waals surface area contributed by atoms with E-state index in [9.17, 15) is 0 Å². The number of rotatable bonds is 3. The average Bonchev–Trinajstić information content (AvgIpc) is 2.29. The summed E-state index contributed by atoms with van der Waals surface area (Å²) in [7, 11) is 0. The monoisotopic (exact) mass is 232 g/mol. The smallest absolute Gasteiger partial charge is 0.0474 e. The molecule has 1 heterocycles. The van der Waals surface area contributed by atoms with Crippen LogP contribution in [0, 0.1) is 6.92 Å². The molecule has 0 saturated heterocycles. The van der Waals surface area contributed by atoms with Gasteiger partial charge in [-0.2, -0.15) is 0 Å². The molecule has 0 aliphatic heterocycles. The van der Waals surface area contributed by atoms with Crippen LogP contribution in [-0.4, -0.2) is 4.98 Å². The first kappa shape index (κ1) is 11.0. The summed E-state index contributed by atoms with van der Waals surface area (Å²) >= 11 is 5.79. The topological polar surface area (TPSA) is 24.9 Å². The maximum absolute atomic E-state index is 5.79. The molecule has 0 radical (unpaired) electrons. The van der Waals surface area contributed by atoms with E-state index >= 15 is 0 Å². The third kappa shape index (κ3) is 2.74. The number of pyridine rings is 1. The van der Waals surface area contributed by atoms with Gasteiger partial charge in [-0.3, -0.25) is 4.98 Å². The van der Waals surface area contributed by atoms with Gasteiger partial charge in [-0.05, 0) is 36.8 Å². The van der Waals surface area contributed by atoms with E-state index in [1.165, 1.54) is 0 Å². The zero-order valence-electron chi connectivity index (χ0n) is 9.07. The molecule has 0 aliphatic rings. The van der Waals surface area contributed by atoms with Crippen LogP contribution < -0.4 is 5.32 Å². The van der Waals surface area contributed by atoms with Gasteiger partial charge in [0, 0.05) is 29.1 Å². The number of hydrogen-bond donors (Lipinski definition) is 1. The normalized spacial score (nSPS) is 10.1. The molecule has 0 aliphatic carbocycles. The van der Waals surface area contributed by atoms with E-state index in [0.29, 0.717) is 5.88 Å². The Morgan fingerprint density at radius 1 is 1.19 bits per heavy atom. The second kappa shape index (κ2) is 4.99. The summed E-state index contributed by atoms with van der Waals surface area (Å²) in [5.74, 6) is 0.533. The lowest BCUT2D eigenvalue weighted by Gasteiger charge is -2.07. The van der Waals surface area contributed by atoms with Gasteiger partial charge in [-0.15, -0.1) is 11.6 Å². The number of halogens is 1. The molecule has 2 aromatic rings. The highest BCUT2D eigenvalue weighted by Crippen LogP contribution is 2.18. The molecule has 3 heteroatoms. The average molecular weight is 233 g/mol. The third-order valence-electron chi connectivity index (χ3n) is 2.27. The summed E-state index contributed by atoms with van der Waals surface area (Å²) in [4.78, 5) is 4.15. The first-order valence-electron chi connectivity index (χ1n) is 5.12. The molecule has 0 bridgehead atoms. The Morgan fingerprint density at radius 3 is 2.75 bits per heavy atom. The van der Waals surface area contributed by atoms with Gasteiger partial charge >= 0.3 is 0 Å². The standard InChI is InChI=1S/C13H13ClN2/c1-10-7-13(5-6-15-10)16-12-4-2-3-11(8-12)9-14/h2-8H,9H2,1H3,(H,15,16).